The highest BCUT2D eigenvalue weighted by atomic mass is 35.5. The molecule has 6 heteroatoms. The first-order valence-electron chi connectivity index (χ1n) is 5.96. The molecule has 3 aromatic rings. The molecule has 0 aliphatic rings. The zero-order chi connectivity index (χ0) is 15.0. The molecule has 2 aromatic heterocycles. The second-order valence-corrected chi connectivity index (χ2v) is 6.77. The summed E-state index contributed by atoms with van der Waals surface area (Å²) < 4.78 is 16.0. The lowest BCUT2D eigenvalue weighted by Crippen LogP contribution is -2.11. The van der Waals surface area contributed by atoms with Gasteiger partial charge in [-0.2, -0.15) is 5.26 Å². The van der Waals surface area contributed by atoms with Gasteiger partial charge in [-0.3, -0.25) is 4.79 Å². The normalized spacial score (nSPS) is 12.2. The van der Waals surface area contributed by atoms with Crippen LogP contribution in [0.2, 0.25) is 5.02 Å². The Labute approximate surface area is 133 Å². The van der Waals surface area contributed by atoms with Crippen molar-refractivity contribution in [3.05, 3.63) is 57.0 Å². The number of hydrogen-bond acceptors (Lipinski definition) is 4. The van der Waals surface area contributed by atoms with Crippen LogP contribution in [0.1, 0.15) is 21.2 Å². The predicted octanol–water partition coefficient (Wildman–Crippen LogP) is 5.25. The van der Waals surface area contributed by atoms with Gasteiger partial charge in [-0.05, 0) is 23.6 Å². The second-order valence-electron chi connectivity index (χ2n) is 4.33. The molecule has 0 aliphatic carbocycles. The maximum absolute atomic E-state index is 14.0. The molecule has 2 heterocycles. The highest BCUT2D eigenvalue weighted by molar-refractivity contribution is 7.27. The summed E-state index contributed by atoms with van der Waals surface area (Å²) >= 11 is 8.56. The number of benzene rings is 1. The summed E-state index contributed by atoms with van der Waals surface area (Å²) in [7, 11) is 0. The highest BCUT2D eigenvalue weighted by Crippen LogP contribution is 2.34. The molecule has 3 rings (SSSR count). The summed E-state index contributed by atoms with van der Waals surface area (Å²) in [4.78, 5) is 13.0. The van der Waals surface area contributed by atoms with Crippen molar-refractivity contribution in [1.29, 1.82) is 5.26 Å². The van der Waals surface area contributed by atoms with Crippen LogP contribution in [0.5, 0.6) is 0 Å². The summed E-state index contributed by atoms with van der Waals surface area (Å²) in [6.07, 6.45) is 0. The van der Waals surface area contributed by atoms with E-state index < -0.39 is 17.5 Å². The fraction of sp³-hybridized carbons (Fsp3) is 0.0667. The zero-order valence-corrected chi connectivity index (χ0v) is 12.9. The molecule has 0 spiro atoms. The molecular weight excluding hydrogens is 329 g/mol. The molecule has 1 atom stereocenters. The van der Waals surface area contributed by atoms with Crippen LogP contribution in [0.4, 0.5) is 4.39 Å². The van der Waals surface area contributed by atoms with Crippen LogP contribution < -0.4 is 0 Å². The number of thiophene rings is 2. The molecule has 1 unspecified atom stereocenters. The SMILES string of the molecule is N#CC(C(=O)c1cc2sccc2s1)c1cccc(Cl)c1F. The third-order valence-electron chi connectivity index (χ3n) is 3.07. The molecule has 104 valence electrons. The molecule has 2 nitrogen and oxygen atoms in total. The molecule has 0 fully saturated rings. The van der Waals surface area contributed by atoms with Crippen molar-refractivity contribution in [3.8, 4) is 6.07 Å². The van der Waals surface area contributed by atoms with Gasteiger partial charge in [0.1, 0.15) is 11.7 Å². The van der Waals surface area contributed by atoms with Crippen molar-refractivity contribution in [1.82, 2.24) is 0 Å². The van der Waals surface area contributed by atoms with Crippen LogP contribution in [0, 0.1) is 17.1 Å². The van der Waals surface area contributed by atoms with Crippen LogP contribution in [-0.2, 0) is 0 Å². The minimum atomic E-state index is -1.18. The van der Waals surface area contributed by atoms with E-state index in [1.165, 1.54) is 40.9 Å². The minimum Gasteiger partial charge on any atom is -0.291 e. The molecule has 0 saturated carbocycles. The van der Waals surface area contributed by atoms with Gasteiger partial charge in [0, 0.05) is 15.0 Å². The number of carbonyl (C=O) groups is 1. The summed E-state index contributed by atoms with van der Waals surface area (Å²) in [5.74, 6) is -2.29. The molecule has 0 aliphatic heterocycles. The Bertz CT molecular complexity index is 849. The largest absolute Gasteiger partial charge is 0.291 e. The standard InChI is InChI=1S/C15H7ClFNOS2/c16-10-3-1-2-8(14(10)17)9(7-18)15(19)13-6-12-11(21-13)4-5-20-12/h1-6,9H. The summed E-state index contributed by atoms with van der Waals surface area (Å²) in [5.41, 5.74) is 0.0201. The van der Waals surface area contributed by atoms with Gasteiger partial charge >= 0.3 is 0 Å². The minimum absolute atomic E-state index is 0.0201. The van der Waals surface area contributed by atoms with E-state index in [0.717, 1.165) is 9.40 Å². The number of carbonyl (C=O) groups excluding carboxylic acids is 1. The average Bonchev–Trinajstić information content (AvgIpc) is 3.05. The van der Waals surface area contributed by atoms with Gasteiger partial charge in [-0.25, -0.2) is 4.39 Å². The van der Waals surface area contributed by atoms with Crippen molar-refractivity contribution < 1.29 is 9.18 Å². The molecule has 1 aromatic carbocycles. The number of Topliss-reactive ketones (excluding diaryl/α,β-unsaturated/α-hetero) is 1. The van der Waals surface area contributed by atoms with E-state index in [9.17, 15) is 14.4 Å². The van der Waals surface area contributed by atoms with Crippen molar-refractivity contribution >= 4 is 49.5 Å². The zero-order valence-electron chi connectivity index (χ0n) is 10.5. The first-order valence-corrected chi connectivity index (χ1v) is 8.04. The lowest BCUT2D eigenvalue weighted by atomic mass is 9.95. The smallest absolute Gasteiger partial charge is 0.194 e. The number of nitrogens with zero attached hydrogens (tertiary/aromatic N) is 1. The Hall–Kier alpha value is -1.74. The fourth-order valence-corrected chi connectivity index (χ4v) is 4.30. The van der Waals surface area contributed by atoms with Gasteiger partial charge in [0.05, 0.1) is 16.0 Å². The number of halogens is 2. The molecular formula is C15H7ClFNOS2. The van der Waals surface area contributed by atoms with Gasteiger partial charge in [-0.1, -0.05) is 23.7 Å². The quantitative estimate of drug-likeness (QED) is 0.614. The van der Waals surface area contributed by atoms with Gasteiger partial charge in [0.2, 0.25) is 0 Å². The Kier molecular flexibility index (Phi) is 3.77. The van der Waals surface area contributed by atoms with Crippen molar-refractivity contribution in [2.45, 2.75) is 5.92 Å². The summed E-state index contributed by atoms with van der Waals surface area (Å²) in [6.45, 7) is 0. The monoisotopic (exact) mass is 335 g/mol. The van der Waals surface area contributed by atoms with Gasteiger partial charge in [0.25, 0.3) is 0 Å². The van der Waals surface area contributed by atoms with Crippen molar-refractivity contribution in [3.63, 3.8) is 0 Å². The lowest BCUT2D eigenvalue weighted by molar-refractivity contribution is 0.0981. The molecule has 0 bridgehead atoms. The van der Waals surface area contributed by atoms with E-state index in [4.69, 9.17) is 11.6 Å². The maximum atomic E-state index is 14.0. The Morgan fingerprint density at radius 3 is 2.86 bits per heavy atom. The number of ketones is 1. The topological polar surface area (TPSA) is 40.9 Å². The number of hydrogen-bond donors (Lipinski definition) is 0. The van der Waals surface area contributed by atoms with Crippen molar-refractivity contribution in [2.75, 3.05) is 0 Å². The van der Waals surface area contributed by atoms with Crippen LogP contribution in [0.15, 0.2) is 35.7 Å². The Morgan fingerprint density at radius 2 is 2.14 bits per heavy atom. The van der Waals surface area contributed by atoms with E-state index in [1.807, 2.05) is 17.5 Å². The van der Waals surface area contributed by atoms with E-state index >= 15 is 0 Å². The van der Waals surface area contributed by atoms with Crippen molar-refractivity contribution in [2.24, 2.45) is 0 Å². The molecule has 0 amide bonds. The van der Waals surface area contributed by atoms with Crippen LogP contribution in [-0.4, -0.2) is 5.78 Å². The summed E-state index contributed by atoms with van der Waals surface area (Å²) in [5, 5.41) is 11.1. The van der Waals surface area contributed by atoms with E-state index in [-0.39, 0.29) is 10.6 Å². The van der Waals surface area contributed by atoms with E-state index in [0.29, 0.717) is 4.88 Å². The van der Waals surface area contributed by atoms with Crippen LogP contribution in [0.25, 0.3) is 9.40 Å². The Morgan fingerprint density at radius 1 is 1.33 bits per heavy atom. The van der Waals surface area contributed by atoms with Crippen LogP contribution in [0.3, 0.4) is 0 Å². The lowest BCUT2D eigenvalue weighted by Gasteiger charge is -2.09. The van der Waals surface area contributed by atoms with E-state index in [1.54, 1.807) is 6.07 Å². The predicted molar refractivity (Wildman–Crippen MR) is 83.8 cm³/mol. The molecule has 0 saturated heterocycles. The Balaban J connectivity index is 2.03. The first kappa shape index (κ1) is 14.2. The number of fused-ring (bicyclic) bond motifs is 1. The van der Waals surface area contributed by atoms with Gasteiger partial charge < -0.3 is 0 Å². The second kappa shape index (κ2) is 5.57. The highest BCUT2D eigenvalue weighted by Gasteiger charge is 2.27. The maximum Gasteiger partial charge on any atom is 0.194 e. The van der Waals surface area contributed by atoms with Gasteiger partial charge in [-0.15, -0.1) is 22.7 Å². The first-order chi connectivity index (χ1) is 10.1. The van der Waals surface area contributed by atoms with E-state index in [2.05, 4.69) is 0 Å². The molecule has 0 N–H and O–H groups in total. The summed E-state index contributed by atoms with van der Waals surface area (Å²) in [6, 6.07) is 9.89. The number of nitriles is 1. The fourth-order valence-electron chi connectivity index (χ4n) is 2.04. The third-order valence-corrected chi connectivity index (χ3v) is 5.47. The van der Waals surface area contributed by atoms with Crippen LogP contribution >= 0.6 is 34.3 Å². The third kappa shape index (κ3) is 2.46. The number of rotatable bonds is 3. The molecule has 21 heavy (non-hydrogen) atoms. The van der Waals surface area contributed by atoms with Gasteiger partial charge in [0.15, 0.2) is 5.78 Å². The average molecular weight is 336 g/mol. The molecule has 0 radical (unpaired) electrons.